The molecule has 0 saturated heterocycles. The Kier molecular flexibility index (Phi) is 5.27. The number of aromatic nitrogens is 1. The van der Waals surface area contributed by atoms with Crippen LogP contribution >= 0.6 is 11.6 Å². The highest BCUT2D eigenvalue weighted by molar-refractivity contribution is 6.30. The molecule has 0 fully saturated rings. The minimum atomic E-state index is -2.82. The van der Waals surface area contributed by atoms with E-state index in [1.54, 1.807) is 6.92 Å². The molecule has 100 valence electrons. The molecule has 0 saturated carbocycles. The third-order valence-electron chi connectivity index (χ3n) is 2.14. The third kappa shape index (κ3) is 3.53. The molecule has 0 unspecified atom stereocenters. The summed E-state index contributed by atoms with van der Waals surface area (Å²) in [5, 5.41) is -0.372. The molecule has 1 aromatic heterocycles. The van der Waals surface area contributed by atoms with Gasteiger partial charge in [0.2, 0.25) is 5.88 Å². The molecule has 18 heavy (non-hydrogen) atoms. The minimum Gasteiger partial charge on any atom is -0.481 e. The van der Waals surface area contributed by atoms with Gasteiger partial charge in [0.15, 0.2) is 0 Å². The Morgan fingerprint density at radius 2 is 2.22 bits per heavy atom. The Morgan fingerprint density at radius 1 is 1.56 bits per heavy atom. The Balaban J connectivity index is 3.13. The van der Waals surface area contributed by atoms with E-state index in [-0.39, 0.29) is 29.6 Å². The van der Waals surface area contributed by atoms with Crippen LogP contribution in [0.25, 0.3) is 0 Å². The van der Waals surface area contributed by atoms with Crippen molar-refractivity contribution in [2.24, 2.45) is 0 Å². The topological polar surface area (TPSA) is 48.4 Å². The minimum absolute atomic E-state index is 0.0558. The molecule has 1 aromatic rings. The summed E-state index contributed by atoms with van der Waals surface area (Å²) in [5.41, 5.74) is -0.411. The van der Waals surface area contributed by atoms with Crippen LogP contribution in [-0.4, -0.2) is 24.7 Å². The lowest BCUT2D eigenvalue weighted by Crippen LogP contribution is -2.10. The van der Waals surface area contributed by atoms with Crippen molar-refractivity contribution in [1.29, 1.82) is 0 Å². The largest absolute Gasteiger partial charge is 0.481 e. The fraction of sp³-hybridized carbons (Fsp3) is 0.455. The zero-order valence-electron chi connectivity index (χ0n) is 9.87. The van der Waals surface area contributed by atoms with E-state index in [0.717, 1.165) is 0 Å². The molecule has 7 heteroatoms. The van der Waals surface area contributed by atoms with Gasteiger partial charge in [0.25, 0.3) is 6.43 Å². The maximum absolute atomic E-state index is 12.8. The van der Waals surface area contributed by atoms with Gasteiger partial charge in [0.1, 0.15) is 5.15 Å². The van der Waals surface area contributed by atoms with E-state index in [1.807, 2.05) is 0 Å². The van der Waals surface area contributed by atoms with Crippen LogP contribution in [0.5, 0.6) is 5.88 Å². The van der Waals surface area contributed by atoms with Crippen LogP contribution in [0.1, 0.15) is 24.5 Å². The van der Waals surface area contributed by atoms with Gasteiger partial charge in [-0.15, -0.1) is 0 Å². The lowest BCUT2D eigenvalue weighted by atomic mass is 10.1. The number of hydrogen-bond donors (Lipinski definition) is 0. The van der Waals surface area contributed by atoms with Gasteiger partial charge in [-0.05, 0) is 12.5 Å². The smallest absolute Gasteiger partial charge is 0.310 e. The second-order valence-electron chi connectivity index (χ2n) is 3.31. The van der Waals surface area contributed by atoms with Crippen LogP contribution in [0.2, 0.25) is 5.15 Å². The summed E-state index contributed by atoms with van der Waals surface area (Å²) in [6, 6.07) is 1.25. The molecule has 0 aliphatic carbocycles. The van der Waals surface area contributed by atoms with Crippen LogP contribution in [0.4, 0.5) is 8.78 Å². The van der Waals surface area contributed by atoms with Crippen LogP contribution < -0.4 is 4.74 Å². The number of methoxy groups -OCH3 is 1. The molecular weight excluding hydrogens is 268 g/mol. The number of halogens is 3. The van der Waals surface area contributed by atoms with E-state index in [1.165, 1.54) is 13.2 Å². The number of alkyl halides is 2. The first kappa shape index (κ1) is 14.6. The molecule has 1 heterocycles. The van der Waals surface area contributed by atoms with Crippen molar-refractivity contribution in [3.63, 3.8) is 0 Å². The Hall–Kier alpha value is -1.43. The summed E-state index contributed by atoms with van der Waals surface area (Å²) < 4.78 is 35.2. The lowest BCUT2D eigenvalue weighted by molar-refractivity contribution is -0.142. The number of carbonyl (C=O) groups excluding carboxylic acids is 1. The number of carbonyl (C=O) groups is 1. The Labute approximate surface area is 108 Å². The van der Waals surface area contributed by atoms with Crippen LogP contribution in [0.3, 0.4) is 0 Å². The van der Waals surface area contributed by atoms with E-state index in [2.05, 4.69) is 4.98 Å². The number of esters is 1. The summed E-state index contributed by atoms with van der Waals surface area (Å²) in [5.74, 6) is -0.535. The molecule has 0 N–H and O–H groups in total. The zero-order valence-corrected chi connectivity index (χ0v) is 10.6. The van der Waals surface area contributed by atoms with Crippen LogP contribution in [0.15, 0.2) is 6.07 Å². The standard InChI is InChI=1S/C11H12ClF2NO3/c1-3-18-8(16)5-6-4-7(17-2)15-10(12)9(6)11(13)14/h4,11H,3,5H2,1-2H3. The van der Waals surface area contributed by atoms with Crippen molar-refractivity contribution < 1.29 is 23.0 Å². The average Bonchev–Trinajstić information content (AvgIpc) is 2.27. The second-order valence-corrected chi connectivity index (χ2v) is 3.67. The summed E-state index contributed by atoms with van der Waals surface area (Å²) in [7, 11) is 1.33. The lowest BCUT2D eigenvalue weighted by Gasteiger charge is -2.11. The molecule has 0 atom stereocenters. The summed E-state index contributed by atoms with van der Waals surface area (Å²) in [6.45, 7) is 1.81. The number of nitrogens with zero attached hydrogens (tertiary/aromatic N) is 1. The van der Waals surface area contributed by atoms with Crippen LogP contribution in [0, 0.1) is 0 Å². The molecule has 0 bridgehead atoms. The molecule has 1 rings (SSSR count). The van der Waals surface area contributed by atoms with Crippen molar-refractivity contribution >= 4 is 17.6 Å². The summed E-state index contributed by atoms with van der Waals surface area (Å²) >= 11 is 5.65. The normalized spacial score (nSPS) is 10.6. The van der Waals surface area contributed by atoms with Crippen molar-refractivity contribution in [2.45, 2.75) is 19.8 Å². The number of ether oxygens (including phenoxy) is 2. The summed E-state index contributed by atoms with van der Waals surface area (Å²) in [4.78, 5) is 15.0. The van der Waals surface area contributed by atoms with Gasteiger partial charge in [-0.2, -0.15) is 0 Å². The highest BCUT2D eigenvalue weighted by Crippen LogP contribution is 2.31. The Bertz CT molecular complexity index is 441. The first-order valence-corrected chi connectivity index (χ1v) is 5.54. The van der Waals surface area contributed by atoms with E-state index >= 15 is 0 Å². The zero-order chi connectivity index (χ0) is 13.7. The van der Waals surface area contributed by atoms with Gasteiger partial charge < -0.3 is 9.47 Å². The predicted octanol–water partition coefficient (Wildman–Crippen LogP) is 2.79. The van der Waals surface area contributed by atoms with Crippen molar-refractivity contribution in [2.75, 3.05) is 13.7 Å². The van der Waals surface area contributed by atoms with Crippen molar-refractivity contribution in [3.05, 3.63) is 22.3 Å². The molecule has 0 aliphatic heterocycles. The van der Waals surface area contributed by atoms with E-state index in [9.17, 15) is 13.6 Å². The quantitative estimate of drug-likeness (QED) is 0.614. The highest BCUT2D eigenvalue weighted by Gasteiger charge is 2.22. The van der Waals surface area contributed by atoms with Gasteiger partial charge in [0, 0.05) is 6.07 Å². The van der Waals surface area contributed by atoms with Gasteiger partial charge in [-0.25, -0.2) is 13.8 Å². The maximum Gasteiger partial charge on any atom is 0.310 e. The van der Waals surface area contributed by atoms with E-state index < -0.39 is 18.0 Å². The third-order valence-corrected chi connectivity index (χ3v) is 2.43. The molecule has 0 aliphatic rings. The second kappa shape index (κ2) is 6.49. The fourth-order valence-corrected chi connectivity index (χ4v) is 1.68. The highest BCUT2D eigenvalue weighted by atomic mass is 35.5. The molecule has 0 spiro atoms. The molecular formula is C11H12ClF2NO3. The summed E-state index contributed by atoms with van der Waals surface area (Å²) in [6.07, 6.45) is -3.12. The molecule has 0 amide bonds. The molecule has 0 aromatic carbocycles. The van der Waals surface area contributed by atoms with Gasteiger partial charge in [0.05, 0.1) is 25.7 Å². The molecule has 4 nitrogen and oxygen atoms in total. The van der Waals surface area contributed by atoms with Gasteiger partial charge in [-0.1, -0.05) is 11.6 Å². The van der Waals surface area contributed by atoms with E-state index in [4.69, 9.17) is 21.1 Å². The van der Waals surface area contributed by atoms with Gasteiger partial charge >= 0.3 is 5.97 Å². The average molecular weight is 280 g/mol. The monoisotopic (exact) mass is 279 g/mol. The first-order chi connectivity index (χ1) is 8.49. The fourth-order valence-electron chi connectivity index (χ4n) is 1.40. The number of hydrogen-bond acceptors (Lipinski definition) is 4. The van der Waals surface area contributed by atoms with Crippen LogP contribution in [-0.2, 0) is 16.0 Å². The SMILES string of the molecule is CCOC(=O)Cc1cc(OC)nc(Cl)c1C(F)F. The van der Waals surface area contributed by atoms with E-state index in [0.29, 0.717) is 0 Å². The first-order valence-electron chi connectivity index (χ1n) is 5.16. The predicted molar refractivity (Wildman–Crippen MR) is 61.1 cm³/mol. The number of pyridine rings is 1. The maximum atomic E-state index is 12.8. The Morgan fingerprint density at radius 3 is 2.72 bits per heavy atom. The molecule has 0 radical (unpaired) electrons. The van der Waals surface area contributed by atoms with Crippen molar-refractivity contribution in [3.8, 4) is 5.88 Å². The number of rotatable bonds is 5. The van der Waals surface area contributed by atoms with Crippen molar-refractivity contribution in [1.82, 2.24) is 4.98 Å². The van der Waals surface area contributed by atoms with Gasteiger partial charge in [-0.3, -0.25) is 4.79 Å².